The predicted molar refractivity (Wildman–Crippen MR) is 93.9 cm³/mol. The second kappa shape index (κ2) is 7.85. The van der Waals surface area contributed by atoms with Crippen molar-refractivity contribution in [2.45, 2.75) is 39.2 Å². The lowest BCUT2D eigenvalue weighted by Gasteiger charge is -2.35. The van der Waals surface area contributed by atoms with Crippen molar-refractivity contribution >= 4 is 12.0 Å². The van der Waals surface area contributed by atoms with Gasteiger partial charge in [-0.15, -0.1) is 0 Å². The van der Waals surface area contributed by atoms with Crippen LogP contribution in [0.3, 0.4) is 0 Å². The average Bonchev–Trinajstić information content (AvgIpc) is 2.52. The van der Waals surface area contributed by atoms with Gasteiger partial charge in [0.1, 0.15) is 11.4 Å². The Morgan fingerprint density at radius 3 is 2.72 bits per heavy atom. The highest BCUT2D eigenvalue weighted by atomic mass is 19.1. The van der Waals surface area contributed by atoms with Gasteiger partial charge in [-0.25, -0.2) is 9.18 Å². The maximum atomic E-state index is 13.3. The Bertz CT molecular complexity index is 627. The molecule has 5 nitrogen and oxygen atoms in total. The van der Waals surface area contributed by atoms with Gasteiger partial charge in [0.25, 0.3) is 5.91 Å². The smallest absolute Gasteiger partial charge is 0.410 e. The summed E-state index contributed by atoms with van der Waals surface area (Å²) in [6, 6.07) is 5.76. The van der Waals surface area contributed by atoms with Crippen molar-refractivity contribution in [1.29, 1.82) is 0 Å². The van der Waals surface area contributed by atoms with Gasteiger partial charge in [0.05, 0.1) is 0 Å². The van der Waals surface area contributed by atoms with Gasteiger partial charge in [-0.05, 0) is 57.7 Å². The highest BCUT2D eigenvalue weighted by Gasteiger charge is 2.27. The summed E-state index contributed by atoms with van der Waals surface area (Å²) in [7, 11) is 1.71. The van der Waals surface area contributed by atoms with E-state index in [1.54, 1.807) is 29.0 Å². The third-order valence-electron chi connectivity index (χ3n) is 4.12. The quantitative estimate of drug-likeness (QED) is 0.838. The van der Waals surface area contributed by atoms with E-state index in [4.69, 9.17) is 4.74 Å². The van der Waals surface area contributed by atoms with Crippen LogP contribution in [0.4, 0.5) is 9.18 Å². The van der Waals surface area contributed by atoms with Crippen molar-refractivity contribution in [3.8, 4) is 0 Å². The first-order valence-electron chi connectivity index (χ1n) is 8.64. The van der Waals surface area contributed by atoms with E-state index in [9.17, 15) is 14.0 Å². The molecule has 138 valence electrons. The highest BCUT2D eigenvalue weighted by molar-refractivity contribution is 5.94. The van der Waals surface area contributed by atoms with Crippen LogP contribution < -0.4 is 0 Å². The van der Waals surface area contributed by atoms with E-state index < -0.39 is 11.4 Å². The molecule has 1 aromatic carbocycles. The number of nitrogens with zero attached hydrogens (tertiary/aromatic N) is 2. The summed E-state index contributed by atoms with van der Waals surface area (Å²) in [6.45, 7) is 7.24. The number of likely N-dealkylation sites (tertiary alicyclic amines) is 1. The molecule has 0 saturated carbocycles. The van der Waals surface area contributed by atoms with Crippen LogP contribution in [0.25, 0.3) is 0 Å². The number of carbonyl (C=O) groups excluding carboxylic acids is 2. The molecule has 0 unspecified atom stereocenters. The molecule has 2 amide bonds. The monoisotopic (exact) mass is 350 g/mol. The minimum absolute atomic E-state index is 0.163. The Balaban J connectivity index is 1.94. The Morgan fingerprint density at radius 2 is 2.08 bits per heavy atom. The maximum Gasteiger partial charge on any atom is 0.410 e. The molecule has 0 aliphatic carbocycles. The maximum absolute atomic E-state index is 13.3. The van der Waals surface area contributed by atoms with Crippen LogP contribution in [-0.2, 0) is 4.74 Å². The summed E-state index contributed by atoms with van der Waals surface area (Å²) in [6.07, 6.45) is 1.45. The second-order valence-corrected chi connectivity index (χ2v) is 7.63. The molecular weight excluding hydrogens is 323 g/mol. The highest BCUT2D eigenvalue weighted by Crippen LogP contribution is 2.20. The Labute approximate surface area is 148 Å². The van der Waals surface area contributed by atoms with Crippen molar-refractivity contribution in [1.82, 2.24) is 9.80 Å². The van der Waals surface area contributed by atoms with Gasteiger partial charge >= 0.3 is 6.09 Å². The summed E-state index contributed by atoms with van der Waals surface area (Å²) in [5.74, 6) is -0.392. The van der Waals surface area contributed by atoms with Crippen LogP contribution in [0.1, 0.15) is 44.0 Å². The lowest BCUT2D eigenvalue weighted by molar-refractivity contribution is 0.0244. The second-order valence-electron chi connectivity index (χ2n) is 7.63. The minimum Gasteiger partial charge on any atom is -0.444 e. The first-order valence-corrected chi connectivity index (χ1v) is 8.64. The standard InChI is InChI=1S/C19H27FN2O3/c1-19(2,3)25-18(24)21(4)12-14-7-6-10-22(13-14)17(23)15-8-5-9-16(20)11-15/h5,8-9,11,14H,6-7,10,12-13H2,1-4H3/t14-/m1/s1. The molecule has 6 heteroatoms. The van der Waals surface area contributed by atoms with E-state index in [1.165, 1.54) is 12.1 Å². The molecule has 0 bridgehead atoms. The molecule has 25 heavy (non-hydrogen) atoms. The Hall–Kier alpha value is -2.11. The van der Waals surface area contributed by atoms with Crippen molar-refractivity contribution in [2.75, 3.05) is 26.7 Å². The molecule has 1 aliphatic heterocycles. The number of amides is 2. The summed E-state index contributed by atoms with van der Waals surface area (Å²) in [4.78, 5) is 28.0. The molecule has 1 aliphatic rings. The normalized spacial score (nSPS) is 18.0. The van der Waals surface area contributed by atoms with Crippen LogP contribution in [0.5, 0.6) is 0 Å². The van der Waals surface area contributed by atoms with E-state index in [0.29, 0.717) is 25.2 Å². The molecule has 1 aromatic rings. The number of hydrogen-bond acceptors (Lipinski definition) is 3. The van der Waals surface area contributed by atoms with Gasteiger partial charge in [-0.3, -0.25) is 4.79 Å². The molecule has 0 aromatic heterocycles. The summed E-state index contributed by atoms with van der Waals surface area (Å²) >= 11 is 0. The summed E-state index contributed by atoms with van der Waals surface area (Å²) in [5.41, 5.74) is -0.168. The SMILES string of the molecule is CN(C[C@H]1CCCN(C(=O)c2cccc(F)c2)C1)C(=O)OC(C)(C)C. The lowest BCUT2D eigenvalue weighted by atomic mass is 9.97. The molecule has 1 saturated heterocycles. The van der Waals surface area contributed by atoms with Gasteiger partial charge in [-0.2, -0.15) is 0 Å². The topological polar surface area (TPSA) is 49.9 Å². The van der Waals surface area contributed by atoms with Gasteiger partial charge in [0.15, 0.2) is 0 Å². The average molecular weight is 350 g/mol. The zero-order valence-corrected chi connectivity index (χ0v) is 15.4. The Kier molecular flexibility index (Phi) is 6.03. The summed E-state index contributed by atoms with van der Waals surface area (Å²) < 4.78 is 18.7. The van der Waals surface area contributed by atoms with Crippen molar-refractivity contribution in [2.24, 2.45) is 5.92 Å². The van der Waals surface area contributed by atoms with Gasteiger partial charge in [0, 0.05) is 32.2 Å². The van der Waals surface area contributed by atoms with E-state index in [0.717, 1.165) is 12.8 Å². The fourth-order valence-corrected chi connectivity index (χ4v) is 3.00. The third kappa shape index (κ3) is 5.73. The molecule has 0 N–H and O–H groups in total. The molecule has 1 heterocycles. The molecular formula is C19H27FN2O3. The number of halogens is 1. The molecule has 1 fully saturated rings. The number of piperidine rings is 1. The Morgan fingerprint density at radius 1 is 1.36 bits per heavy atom. The first-order chi connectivity index (χ1) is 11.7. The van der Waals surface area contributed by atoms with E-state index >= 15 is 0 Å². The zero-order valence-electron chi connectivity index (χ0n) is 15.4. The molecule has 1 atom stereocenters. The fraction of sp³-hybridized carbons (Fsp3) is 0.579. The van der Waals surface area contributed by atoms with Crippen LogP contribution in [-0.4, -0.2) is 54.1 Å². The van der Waals surface area contributed by atoms with Crippen molar-refractivity contribution in [3.05, 3.63) is 35.6 Å². The van der Waals surface area contributed by atoms with Crippen LogP contribution in [0.15, 0.2) is 24.3 Å². The molecule has 0 radical (unpaired) electrons. The molecule has 2 rings (SSSR count). The van der Waals surface area contributed by atoms with E-state index in [2.05, 4.69) is 0 Å². The predicted octanol–water partition coefficient (Wildman–Crippen LogP) is 3.54. The van der Waals surface area contributed by atoms with E-state index in [-0.39, 0.29) is 17.9 Å². The van der Waals surface area contributed by atoms with Gasteiger partial charge < -0.3 is 14.5 Å². The number of benzene rings is 1. The first kappa shape index (κ1) is 19.2. The van der Waals surface area contributed by atoms with E-state index in [1.807, 2.05) is 20.8 Å². The van der Waals surface area contributed by atoms with Crippen LogP contribution >= 0.6 is 0 Å². The van der Waals surface area contributed by atoms with Gasteiger partial charge in [-0.1, -0.05) is 6.07 Å². The molecule has 0 spiro atoms. The van der Waals surface area contributed by atoms with Crippen LogP contribution in [0.2, 0.25) is 0 Å². The lowest BCUT2D eigenvalue weighted by Crippen LogP contribution is -2.45. The fourth-order valence-electron chi connectivity index (χ4n) is 3.00. The largest absolute Gasteiger partial charge is 0.444 e. The number of hydrogen-bond donors (Lipinski definition) is 0. The third-order valence-corrected chi connectivity index (χ3v) is 4.12. The number of carbonyl (C=O) groups is 2. The summed E-state index contributed by atoms with van der Waals surface area (Å²) in [5, 5.41) is 0. The minimum atomic E-state index is -0.530. The van der Waals surface area contributed by atoms with Gasteiger partial charge in [0.2, 0.25) is 0 Å². The zero-order chi connectivity index (χ0) is 18.6. The van der Waals surface area contributed by atoms with Crippen LogP contribution in [0, 0.1) is 11.7 Å². The number of ether oxygens (including phenoxy) is 1. The number of rotatable bonds is 3. The van der Waals surface area contributed by atoms with Crippen molar-refractivity contribution in [3.63, 3.8) is 0 Å². The van der Waals surface area contributed by atoms with Crippen molar-refractivity contribution < 1.29 is 18.7 Å².